The van der Waals surface area contributed by atoms with Crippen molar-refractivity contribution >= 4 is 77.3 Å². The van der Waals surface area contributed by atoms with Gasteiger partial charge in [-0.05, 0) is 0 Å². The molecule has 0 saturated heterocycles. The fraction of sp³-hybridized carbons (Fsp3) is 0.0400. The normalized spacial score (nSPS) is 11.1. The predicted molar refractivity (Wildman–Crippen MR) is 151 cm³/mol. The quantitative estimate of drug-likeness (QED) is 0.149. The molecule has 0 heterocycles. The third kappa shape index (κ3) is 6.80. The monoisotopic (exact) mass is 634 g/mol. The van der Waals surface area contributed by atoms with Crippen molar-refractivity contribution in [3.05, 3.63) is 121 Å². The van der Waals surface area contributed by atoms with E-state index in [0.717, 1.165) is 0 Å². The standard InChI is InChI=1S/2C12H10P.CH4.4ClH.Pd/c2*1-3-7-11(8-4-1)13-12-9-5-2-6-10-12;;;;;;/h2*1-10H;1H4;4*1H;/q2*-1;;;;;;+4/p-2. The van der Waals surface area contributed by atoms with Gasteiger partial charge in [-0.3, -0.25) is 0 Å². The molecular formula is C25H26Cl4P2Pd. The molecule has 0 saturated carbocycles. The van der Waals surface area contributed by atoms with Gasteiger partial charge in [-0.1, -0.05) is 7.43 Å². The van der Waals surface area contributed by atoms with Crippen LogP contribution in [0.5, 0.6) is 0 Å². The van der Waals surface area contributed by atoms with Gasteiger partial charge in [-0.15, -0.1) is 24.8 Å². The van der Waals surface area contributed by atoms with E-state index in [1.54, 1.807) is 0 Å². The number of benzene rings is 4. The van der Waals surface area contributed by atoms with Crippen LogP contribution in [0, 0.1) is 0 Å². The first-order valence-corrected chi connectivity index (χ1v) is 19.6. The van der Waals surface area contributed by atoms with Gasteiger partial charge in [0.25, 0.3) is 0 Å². The van der Waals surface area contributed by atoms with Crippen LogP contribution in [0.3, 0.4) is 0 Å². The molecule has 0 aliphatic carbocycles. The summed E-state index contributed by atoms with van der Waals surface area (Å²) in [6.45, 7) is 0. The summed E-state index contributed by atoms with van der Waals surface area (Å²) in [5.41, 5.74) is 0. The van der Waals surface area contributed by atoms with Crippen LogP contribution in [0.4, 0.5) is 0 Å². The average molecular weight is 637 g/mol. The molecule has 0 aliphatic heterocycles. The van der Waals surface area contributed by atoms with Gasteiger partial charge >= 0.3 is 186 Å². The molecule has 0 fully saturated rings. The van der Waals surface area contributed by atoms with Crippen LogP contribution in [0.1, 0.15) is 7.43 Å². The zero-order valence-electron chi connectivity index (χ0n) is 16.3. The molecule has 4 aromatic rings. The Kier molecular flexibility index (Phi) is 13.0. The molecule has 7 heteroatoms. The number of hydrogen-bond acceptors (Lipinski definition) is 0. The zero-order chi connectivity index (χ0) is 20.1. The molecule has 0 radical (unpaired) electrons. The number of rotatable bonds is 6. The molecular weight excluding hydrogens is 610 g/mol. The van der Waals surface area contributed by atoms with Gasteiger partial charge < -0.3 is 0 Å². The molecule has 32 heavy (non-hydrogen) atoms. The van der Waals surface area contributed by atoms with E-state index < -0.39 is 24.7 Å². The topological polar surface area (TPSA) is 0 Å². The van der Waals surface area contributed by atoms with E-state index >= 15 is 0 Å². The summed E-state index contributed by atoms with van der Waals surface area (Å²) in [6, 6.07) is 42.3. The Morgan fingerprint density at radius 1 is 0.406 bits per heavy atom. The Morgan fingerprint density at radius 3 is 0.781 bits per heavy atom. The van der Waals surface area contributed by atoms with Crippen molar-refractivity contribution in [3.8, 4) is 0 Å². The average Bonchev–Trinajstić information content (AvgIpc) is 2.77. The van der Waals surface area contributed by atoms with Crippen molar-refractivity contribution in [2.24, 2.45) is 0 Å². The molecule has 0 aliphatic rings. The summed E-state index contributed by atoms with van der Waals surface area (Å²) in [7, 11) is 15.2. The van der Waals surface area contributed by atoms with Gasteiger partial charge in [0.2, 0.25) is 0 Å². The van der Waals surface area contributed by atoms with Gasteiger partial charge in [0, 0.05) is 0 Å². The van der Waals surface area contributed by atoms with Crippen LogP contribution < -0.4 is 21.2 Å². The van der Waals surface area contributed by atoms with E-state index in [2.05, 4.69) is 97.1 Å². The summed E-state index contributed by atoms with van der Waals surface area (Å²) in [4.78, 5) is 0. The van der Waals surface area contributed by atoms with Crippen molar-refractivity contribution in [2.75, 3.05) is 0 Å². The molecule has 0 spiro atoms. The molecule has 4 rings (SSSR count). The number of hydrogen-bond donors (Lipinski definition) is 0. The van der Waals surface area contributed by atoms with E-state index in [-0.39, 0.29) is 32.2 Å². The number of halogens is 4. The van der Waals surface area contributed by atoms with Gasteiger partial charge in [0.1, 0.15) is 0 Å². The molecule has 174 valence electrons. The van der Waals surface area contributed by atoms with Crippen LogP contribution in [0.25, 0.3) is 0 Å². The Morgan fingerprint density at radius 2 is 0.594 bits per heavy atom. The molecule has 0 atom stereocenters. The maximum atomic E-state index is 7.58. The van der Waals surface area contributed by atoms with Crippen LogP contribution in [-0.2, 0) is 12.5 Å². The van der Waals surface area contributed by atoms with E-state index in [0.29, 0.717) is 0 Å². The van der Waals surface area contributed by atoms with Crippen molar-refractivity contribution in [2.45, 2.75) is 7.43 Å². The molecule has 0 bridgehead atoms. The first-order valence-electron chi connectivity index (χ1n) is 9.06. The van der Waals surface area contributed by atoms with E-state index in [1.807, 2.05) is 24.3 Å². The van der Waals surface area contributed by atoms with Gasteiger partial charge in [-0.2, -0.15) is 0 Å². The SMILES string of the molecule is C.Cl.Cl.[Cl][Pd]([Cl])([P](c1ccccc1)c1ccccc1)[P](c1ccccc1)c1ccccc1. The second-order valence-electron chi connectivity index (χ2n) is 6.17. The van der Waals surface area contributed by atoms with Gasteiger partial charge in [0.05, 0.1) is 0 Å². The minimum atomic E-state index is -3.00. The Labute approximate surface area is 217 Å². The molecule has 0 unspecified atom stereocenters. The second-order valence-corrected chi connectivity index (χ2v) is 30.3. The molecule has 0 N–H and O–H groups in total. The van der Waals surface area contributed by atoms with Crippen molar-refractivity contribution in [1.82, 2.24) is 0 Å². The van der Waals surface area contributed by atoms with Gasteiger partial charge in [-0.25, -0.2) is 0 Å². The Balaban J connectivity index is 0.00000171. The van der Waals surface area contributed by atoms with E-state index in [4.69, 9.17) is 19.1 Å². The molecule has 0 nitrogen and oxygen atoms in total. The first-order chi connectivity index (χ1) is 14.2. The summed E-state index contributed by atoms with van der Waals surface area (Å²) in [6.07, 6.45) is -1.74. The first kappa shape index (κ1) is 29.6. The summed E-state index contributed by atoms with van der Waals surface area (Å²) in [5, 5.41) is 4.98. The fourth-order valence-corrected chi connectivity index (χ4v) is 31.8. The Bertz CT molecular complexity index is 873. The maximum absolute atomic E-state index is 7.58. The van der Waals surface area contributed by atoms with Crippen LogP contribution in [-0.4, -0.2) is 0 Å². The van der Waals surface area contributed by atoms with Crippen molar-refractivity contribution in [1.29, 1.82) is 0 Å². The molecule has 0 amide bonds. The summed E-state index contributed by atoms with van der Waals surface area (Å²) >= 11 is -3.00. The molecule has 0 aromatic heterocycles. The minimum absolute atomic E-state index is 0. The summed E-state index contributed by atoms with van der Waals surface area (Å²) in [5.74, 6) is 0. The van der Waals surface area contributed by atoms with Crippen LogP contribution in [0.15, 0.2) is 121 Å². The van der Waals surface area contributed by atoms with Crippen molar-refractivity contribution in [3.63, 3.8) is 0 Å². The summed E-state index contributed by atoms with van der Waals surface area (Å²) < 4.78 is 0. The molecule has 4 aromatic carbocycles. The third-order valence-electron chi connectivity index (χ3n) is 4.21. The fourth-order valence-electron chi connectivity index (χ4n) is 2.95. The Hall–Kier alpha value is -0.438. The third-order valence-corrected chi connectivity index (χ3v) is 29.7. The van der Waals surface area contributed by atoms with E-state index in [9.17, 15) is 0 Å². The van der Waals surface area contributed by atoms with Gasteiger partial charge in [0.15, 0.2) is 0 Å². The van der Waals surface area contributed by atoms with Crippen molar-refractivity contribution < 1.29 is 12.5 Å². The van der Waals surface area contributed by atoms with E-state index in [1.165, 1.54) is 21.2 Å². The predicted octanol–water partition coefficient (Wildman–Crippen LogP) is 8.02. The zero-order valence-corrected chi connectivity index (χ0v) is 22.8. The van der Waals surface area contributed by atoms with Crippen LogP contribution in [0.2, 0.25) is 0 Å². The van der Waals surface area contributed by atoms with Crippen LogP contribution >= 0.6 is 56.1 Å². The second kappa shape index (κ2) is 14.1.